The van der Waals surface area contributed by atoms with E-state index in [1.165, 1.54) is 19.3 Å². The Kier molecular flexibility index (Phi) is 7.07. The van der Waals surface area contributed by atoms with Gasteiger partial charge in [-0.05, 0) is 22.8 Å². The zero-order valence-electron chi connectivity index (χ0n) is 11.9. The number of carbonyl (C=O) groups is 1. The van der Waals surface area contributed by atoms with Crippen LogP contribution in [0.4, 0.5) is 0 Å². The summed E-state index contributed by atoms with van der Waals surface area (Å²) in [5, 5.41) is 20.6. The highest BCUT2D eigenvalue weighted by molar-refractivity contribution is 5.66. The minimum Gasteiger partial charge on any atom is -0.481 e. The van der Waals surface area contributed by atoms with Gasteiger partial charge < -0.3 is 5.11 Å². The lowest BCUT2D eigenvalue weighted by molar-refractivity contribution is -0.138. The highest BCUT2D eigenvalue weighted by atomic mass is 16.4. The van der Waals surface area contributed by atoms with Crippen molar-refractivity contribution in [1.82, 2.24) is 20.2 Å². The number of rotatable bonds is 10. The first kappa shape index (κ1) is 15.6. The first-order chi connectivity index (χ1) is 9.17. The Labute approximate surface area is 114 Å². The molecule has 0 spiro atoms. The van der Waals surface area contributed by atoms with Crippen LogP contribution < -0.4 is 0 Å². The maximum absolute atomic E-state index is 10.8. The summed E-state index contributed by atoms with van der Waals surface area (Å²) in [5.74, 6) is 0.208. The molecular formula is C13H24N4O2. The van der Waals surface area contributed by atoms with E-state index in [0.29, 0.717) is 6.54 Å². The van der Waals surface area contributed by atoms with Crippen molar-refractivity contribution in [1.29, 1.82) is 0 Å². The van der Waals surface area contributed by atoms with E-state index in [4.69, 9.17) is 5.11 Å². The molecule has 1 unspecified atom stereocenters. The second-order valence-corrected chi connectivity index (χ2v) is 4.96. The van der Waals surface area contributed by atoms with Gasteiger partial charge in [-0.2, -0.15) is 0 Å². The van der Waals surface area contributed by atoms with Gasteiger partial charge in [-0.15, -0.1) is 5.10 Å². The number of aliphatic carboxylic acids is 1. The van der Waals surface area contributed by atoms with Crippen molar-refractivity contribution in [2.75, 3.05) is 0 Å². The zero-order valence-corrected chi connectivity index (χ0v) is 11.9. The van der Waals surface area contributed by atoms with Gasteiger partial charge in [0.05, 0.1) is 0 Å². The highest BCUT2D eigenvalue weighted by Crippen LogP contribution is 2.13. The number of tetrazole rings is 1. The number of carboxylic acids is 1. The zero-order chi connectivity index (χ0) is 14.1. The quantitative estimate of drug-likeness (QED) is 0.658. The molecule has 1 N–H and O–H groups in total. The molecule has 0 aliphatic carbocycles. The fraction of sp³-hybridized carbons (Fsp3) is 0.846. The molecule has 19 heavy (non-hydrogen) atoms. The normalized spacial score (nSPS) is 12.5. The van der Waals surface area contributed by atoms with E-state index in [1.54, 1.807) is 4.68 Å². The van der Waals surface area contributed by atoms with Crippen molar-refractivity contribution in [3.8, 4) is 0 Å². The molecule has 0 fully saturated rings. The predicted octanol–water partition coefficient (Wildman–Crippen LogP) is 2.30. The number of hydrogen-bond acceptors (Lipinski definition) is 4. The number of aryl methyl sites for hydroxylation is 1. The molecule has 0 radical (unpaired) electrons. The summed E-state index contributed by atoms with van der Waals surface area (Å²) < 4.78 is 1.77. The van der Waals surface area contributed by atoms with Gasteiger partial charge >= 0.3 is 5.97 Å². The lowest BCUT2D eigenvalue weighted by Crippen LogP contribution is -2.17. The molecule has 1 rings (SSSR count). The Bertz CT molecular complexity index is 378. The van der Waals surface area contributed by atoms with Crippen LogP contribution in [0.25, 0.3) is 0 Å². The van der Waals surface area contributed by atoms with Crippen molar-refractivity contribution in [3.63, 3.8) is 0 Å². The minimum absolute atomic E-state index is 0.0930. The molecule has 1 aromatic rings. The molecule has 6 nitrogen and oxygen atoms in total. The Balaban J connectivity index is 2.48. The molecule has 0 bridgehead atoms. The molecule has 0 saturated carbocycles. The van der Waals surface area contributed by atoms with Gasteiger partial charge in [-0.3, -0.25) is 4.79 Å². The van der Waals surface area contributed by atoms with Crippen LogP contribution in [0.15, 0.2) is 0 Å². The minimum atomic E-state index is -0.760. The van der Waals surface area contributed by atoms with Crippen molar-refractivity contribution in [3.05, 3.63) is 5.82 Å². The Hall–Kier alpha value is -1.46. The number of aromatic nitrogens is 4. The molecule has 1 atom stereocenters. The van der Waals surface area contributed by atoms with Crippen LogP contribution in [0.5, 0.6) is 0 Å². The standard InChI is InChI=1S/C13H24N4O2/c1-3-5-6-7-8-12-14-15-16-17(12)10-11(4-2)9-13(18)19/h11H,3-10H2,1-2H3,(H,18,19). The van der Waals surface area contributed by atoms with Gasteiger partial charge in [0, 0.05) is 19.4 Å². The van der Waals surface area contributed by atoms with Crippen molar-refractivity contribution in [2.45, 2.75) is 65.3 Å². The smallest absolute Gasteiger partial charge is 0.303 e. The maximum Gasteiger partial charge on any atom is 0.303 e. The van der Waals surface area contributed by atoms with E-state index in [2.05, 4.69) is 22.4 Å². The van der Waals surface area contributed by atoms with E-state index in [0.717, 1.165) is 25.1 Å². The van der Waals surface area contributed by atoms with Crippen LogP contribution in [0.1, 0.15) is 58.2 Å². The van der Waals surface area contributed by atoms with Crippen LogP contribution >= 0.6 is 0 Å². The van der Waals surface area contributed by atoms with Crippen LogP contribution in [-0.2, 0) is 17.8 Å². The van der Waals surface area contributed by atoms with Crippen LogP contribution in [-0.4, -0.2) is 31.3 Å². The Morgan fingerprint density at radius 2 is 2.11 bits per heavy atom. The molecule has 0 aliphatic rings. The molecule has 6 heteroatoms. The van der Waals surface area contributed by atoms with Crippen molar-refractivity contribution < 1.29 is 9.90 Å². The van der Waals surface area contributed by atoms with Gasteiger partial charge in [-0.25, -0.2) is 4.68 Å². The topological polar surface area (TPSA) is 80.9 Å². The summed E-state index contributed by atoms with van der Waals surface area (Å²) in [5.41, 5.74) is 0. The van der Waals surface area contributed by atoms with E-state index in [9.17, 15) is 4.79 Å². The van der Waals surface area contributed by atoms with E-state index in [-0.39, 0.29) is 12.3 Å². The van der Waals surface area contributed by atoms with Gasteiger partial charge in [0.25, 0.3) is 0 Å². The number of nitrogens with zero attached hydrogens (tertiary/aromatic N) is 4. The average molecular weight is 268 g/mol. The molecule has 108 valence electrons. The van der Waals surface area contributed by atoms with Crippen molar-refractivity contribution >= 4 is 5.97 Å². The third-order valence-electron chi connectivity index (χ3n) is 3.33. The SMILES string of the molecule is CCCCCCc1nnnn1CC(CC)CC(=O)O. The fourth-order valence-corrected chi connectivity index (χ4v) is 2.08. The van der Waals surface area contributed by atoms with E-state index < -0.39 is 5.97 Å². The summed E-state index contributed by atoms with van der Waals surface area (Å²) in [4.78, 5) is 10.8. The van der Waals surface area contributed by atoms with Crippen molar-refractivity contribution in [2.24, 2.45) is 5.92 Å². The summed E-state index contributed by atoms with van der Waals surface area (Å²) in [6.45, 7) is 4.78. The molecule has 1 aromatic heterocycles. The third kappa shape index (κ3) is 5.81. The summed E-state index contributed by atoms with van der Waals surface area (Å²) >= 11 is 0. The van der Waals surface area contributed by atoms with Gasteiger partial charge in [0.1, 0.15) is 0 Å². The first-order valence-electron chi connectivity index (χ1n) is 7.14. The number of carboxylic acid groups (broad SMARTS) is 1. The Morgan fingerprint density at radius 1 is 1.32 bits per heavy atom. The monoisotopic (exact) mass is 268 g/mol. The van der Waals surface area contributed by atoms with Gasteiger partial charge in [-0.1, -0.05) is 39.5 Å². The molecule has 0 amide bonds. The van der Waals surface area contributed by atoms with E-state index >= 15 is 0 Å². The third-order valence-corrected chi connectivity index (χ3v) is 3.33. The fourth-order valence-electron chi connectivity index (χ4n) is 2.08. The lowest BCUT2D eigenvalue weighted by atomic mass is 10.0. The molecule has 0 saturated heterocycles. The average Bonchev–Trinajstić information content (AvgIpc) is 2.80. The molecule has 0 aromatic carbocycles. The summed E-state index contributed by atoms with van der Waals surface area (Å²) in [6.07, 6.45) is 6.59. The second-order valence-electron chi connectivity index (χ2n) is 4.96. The van der Waals surface area contributed by atoms with Gasteiger partial charge in [0.15, 0.2) is 5.82 Å². The molecule has 0 aliphatic heterocycles. The van der Waals surface area contributed by atoms with Crippen LogP contribution in [0, 0.1) is 5.92 Å². The van der Waals surface area contributed by atoms with Crippen LogP contribution in [0.3, 0.4) is 0 Å². The highest BCUT2D eigenvalue weighted by Gasteiger charge is 2.15. The largest absolute Gasteiger partial charge is 0.481 e. The van der Waals surface area contributed by atoms with Gasteiger partial charge in [0.2, 0.25) is 0 Å². The first-order valence-corrected chi connectivity index (χ1v) is 7.14. The summed E-state index contributed by atoms with van der Waals surface area (Å²) in [6, 6.07) is 0. The number of unbranched alkanes of at least 4 members (excludes halogenated alkanes) is 3. The summed E-state index contributed by atoms with van der Waals surface area (Å²) in [7, 11) is 0. The van der Waals surface area contributed by atoms with E-state index in [1.807, 2.05) is 6.92 Å². The predicted molar refractivity (Wildman–Crippen MR) is 71.7 cm³/mol. The maximum atomic E-state index is 10.8. The molecular weight excluding hydrogens is 244 g/mol. The van der Waals surface area contributed by atoms with Crippen LogP contribution in [0.2, 0.25) is 0 Å². The lowest BCUT2D eigenvalue weighted by Gasteiger charge is -2.12. The molecule has 1 heterocycles. The number of hydrogen-bond donors (Lipinski definition) is 1. The second kappa shape index (κ2) is 8.61. The Morgan fingerprint density at radius 3 is 2.74 bits per heavy atom.